The van der Waals surface area contributed by atoms with Gasteiger partial charge in [-0.3, -0.25) is 9.59 Å². The van der Waals surface area contributed by atoms with E-state index in [4.69, 9.17) is 28.3 Å². The lowest BCUT2D eigenvalue weighted by Crippen LogP contribution is -2.48. The van der Waals surface area contributed by atoms with Crippen LogP contribution in [0.5, 0.6) is 0 Å². The number of carbonyl (C=O) groups is 2. The Kier molecular flexibility index (Phi) is 6.06. The van der Waals surface area contributed by atoms with E-state index in [1.54, 1.807) is 18.2 Å². The predicted molar refractivity (Wildman–Crippen MR) is 86.1 cm³/mol. The summed E-state index contributed by atoms with van der Waals surface area (Å²) in [7, 11) is 0. The first-order valence-electron chi connectivity index (χ1n) is 7.21. The van der Waals surface area contributed by atoms with E-state index in [0.29, 0.717) is 23.7 Å². The smallest absolute Gasteiger partial charge is 0.313 e. The van der Waals surface area contributed by atoms with Gasteiger partial charge in [-0.15, -0.1) is 0 Å². The summed E-state index contributed by atoms with van der Waals surface area (Å²) in [5.41, 5.74) is 0.309. The zero-order valence-electron chi connectivity index (χ0n) is 12.0. The number of amides is 2. The summed E-state index contributed by atoms with van der Waals surface area (Å²) in [6, 6.07) is 4.74. The first-order valence-corrected chi connectivity index (χ1v) is 7.97. The van der Waals surface area contributed by atoms with Gasteiger partial charge in [-0.05, 0) is 37.8 Å². The van der Waals surface area contributed by atoms with Crippen LogP contribution in [0.3, 0.4) is 0 Å². The van der Waals surface area contributed by atoms with E-state index in [0.717, 1.165) is 19.3 Å². The van der Waals surface area contributed by atoms with Gasteiger partial charge in [0.05, 0.1) is 15.7 Å². The van der Waals surface area contributed by atoms with E-state index in [9.17, 15) is 9.59 Å². The molecule has 1 saturated heterocycles. The third-order valence-electron chi connectivity index (χ3n) is 3.74. The van der Waals surface area contributed by atoms with Crippen molar-refractivity contribution in [3.63, 3.8) is 0 Å². The van der Waals surface area contributed by atoms with Crippen molar-refractivity contribution in [1.29, 1.82) is 0 Å². The Hall–Kier alpha value is -1.30. The van der Waals surface area contributed by atoms with Crippen molar-refractivity contribution < 1.29 is 14.7 Å². The highest BCUT2D eigenvalue weighted by Gasteiger charge is 2.30. The van der Waals surface area contributed by atoms with Gasteiger partial charge in [-0.2, -0.15) is 0 Å². The van der Waals surface area contributed by atoms with Gasteiger partial charge in [0.2, 0.25) is 0 Å². The Labute approximate surface area is 139 Å². The zero-order chi connectivity index (χ0) is 16.1. The van der Waals surface area contributed by atoms with Gasteiger partial charge in [0.1, 0.15) is 0 Å². The van der Waals surface area contributed by atoms with Gasteiger partial charge in [-0.25, -0.2) is 0 Å². The van der Waals surface area contributed by atoms with Crippen molar-refractivity contribution in [3.05, 3.63) is 28.2 Å². The molecule has 1 aromatic rings. The molecule has 0 saturated carbocycles. The highest BCUT2D eigenvalue weighted by Crippen LogP contribution is 2.29. The maximum Gasteiger partial charge on any atom is 0.313 e. The molecule has 1 atom stereocenters. The maximum atomic E-state index is 12.3. The standard InChI is InChI=1S/C15H18Cl2N2O3/c16-11-5-3-6-12(13(11)17)18-14(21)15(22)19-8-2-1-4-10(19)7-9-20/h3,5-6,10,20H,1-2,4,7-9H2,(H,18,21). The van der Waals surface area contributed by atoms with Crippen molar-refractivity contribution in [2.45, 2.75) is 31.7 Å². The molecule has 0 aliphatic carbocycles. The van der Waals surface area contributed by atoms with E-state index >= 15 is 0 Å². The Morgan fingerprint density at radius 3 is 2.82 bits per heavy atom. The Balaban J connectivity index is 2.07. The normalized spacial score (nSPS) is 18.1. The van der Waals surface area contributed by atoms with Crippen molar-refractivity contribution in [3.8, 4) is 0 Å². The van der Waals surface area contributed by atoms with Gasteiger partial charge in [-0.1, -0.05) is 29.3 Å². The summed E-state index contributed by atoms with van der Waals surface area (Å²) < 4.78 is 0. The number of rotatable bonds is 3. The van der Waals surface area contributed by atoms with Crippen LogP contribution in [0.15, 0.2) is 18.2 Å². The maximum absolute atomic E-state index is 12.3. The molecule has 1 unspecified atom stereocenters. The number of aliphatic hydroxyl groups is 1. The summed E-state index contributed by atoms with van der Waals surface area (Å²) in [4.78, 5) is 26.0. The lowest BCUT2D eigenvalue weighted by atomic mass is 9.99. The van der Waals surface area contributed by atoms with Crippen LogP contribution in [0.4, 0.5) is 5.69 Å². The Morgan fingerprint density at radius 1 is 1.32 bits per heavy atom. The number of hydrogen-bond donors (Lipinski definition) is 2. The number of hydrogen-bond acceptors (Lipinski definition) is 3. The molecule has 2 rings (SSSR count). The van der Waals surface area contributed by atoms with Crippen LogP contribution < -0.4 is 5.32 Å². The third-order valence-corrected chi connectivity index (χ3v) is 4.56. The van der Waals surface area contributed by atoms with Crippen LogP contribution in [-0.2, 0) is 9.59 Å². The predicted octanol–water partition coefficient (Wildman–Crippen LogP) is 2.70. The summed E-state index contributed by atoms with van der Waals surface area (Å²) in [6.07, 6.45) is 3.14. The zero-order valence-corrected chi connectivity index (χ0v) is 13.5. The highest BCUT2D eigenvalue weighted by molar-refractivity contribution is 6.45. The topological polar surface area (TPSA) is 69.6 Å². The molecular formula is C15H18Cl2N2O3. The lowest BCUT2D eigenvalue weighted by Gasteiger charge is -2.35. The fourth-order valence-corrected chi connectivity index (χ4v) is 2.97. The summed E-state index contributed by atoms with van der Waals surface area (Å²) in [6.45, 7) is 0.524. The number of halogens is 2. The molecule has 7 heteroatoms. The monoisotopic (exact) mass is 344 g/mol. The van der Waals surface area contributed by atoms with Crippen LogP contribution >= 0.6 is 23.2 Å². The SMILES string of the molecule is O=C(Nc1cccc(Cl)c1Cl)C(=O)N1CCCCC1CCO. The lowest BCUT2D eigenvalue weighted by molar-refractivity contribution is -0.146. The minimum Gasteiger partial charge on any atom is -0.396 e. The second kappa shape index (κ2) is 7.81. The molecule has 1 aliphatic heterocycles. The fraction of sp³-hybridized carbons (Fsp3) is 0.467. The summed E-state index contributed by atoms with van der Waals surface area (Å²) in [5, 5.41) is 12.1. The quantitative estimate of drug-likeness (QED) is 0.828. The molecule has 1 fully saturated rings. The molecule has 0 radical (unpaired) electrons. The Bertz CT molecular complexity index is 564. The molecule has 0 bridgehead atoms. The van der Waals surface area contributed by atoms with Gasteiger partial charge in [0.15, 0.2) is 0 Å². The highest BCUT2D eigenvalue weighted by atomic mass is 35.5. The van der Waals surface area contributed by atoms with E-state index in [2.05, 4.69) is 5.32 Å². The minimum absolute atomic E-state index is 0.00378. The molecule has 1 aromatic carbocycles. The minimum atomic E-state index is -0.742. The van der Waals surface area contributed by atoms with Gasteiger partial charge in [0, 0.05) is 19.2 Å². The second-order valence-corrected chi connectivity index (χ2v) is 6.00. The van der Waals surface area contributed by atoms with Crippen LogP contribution in [0.1, 0.15) is 25.7 Å². The number of nitrogens with zero attached hydrogens (tertiary/aromatic N) is 1. The molecule has 0 spiro atoms. The van der Waals surface area contributed by atoms with Gasteiger partial charge in [0.25, 0.3) is 0 Å². The first kappa shape index (κ1) is 17.1. The van der Waals surface area contributed by atoms with Crippen molar-refractivity contribution >= 4 is 40.7 Å². The number of piperidine rings is 1. The van der Waals surface area contributed by atoms with E-state index in [-0.39, 0.29) is 17.7 Å². The molecule has 1 aliphatic rings. The van der Waals surface area contributed by atoms with Crippen LogP contribution in [0.25, 0.3) is 0 Å². The van der Waals surface area contributed by atoms with Crippen LogP contribution in [-0.4, -0.2) is 41.0 Å². The van der Waals surface area contributed by atoms with Crippen LogP contribution in [0.2, 0.25) is 10.0 Å². The number of carbonyl (C=O) groups excluding carboxylic acids is 2. The van der Waals surface area contributed by atoms with E-state index < -0.39 is 11.8 Å². The average Bonchev–Trinajstić information content (AvgIpc) is 2.52. The number of aliphatic hydroxyl groups excluding tert-OH is 1. The van der Waals surface area contributed by atoms with Crippen molar-refractivity contribution in [2.24, 2.45) is 0 Å². The van der Waals surface area contributed by atoms with E-state index in [1.807, 2.05) is 0 Å². The summed E-state index contributed by atoms with van der Waals surface area (Å²) in [5.74, 6) is -1.34. The fourth-order valence-electron chi connectivity index (χ4n) is 2.62. The molecular weight excluding hydrogens is 327 g/mol. The van der Waals surface area contributed by atoms with E-state index in [1.165, 1.54) is 4.90 Å². The molecule has 120 valence electrons. The number of benzene rings is 1. The largest absolute Gasteiger partial charge is 0.396 e. The molecule has 2 N–H and O–H groups in total. The number of nitrogens with one attached hydrogen (secondary N) is 1. The van der Waals surface area contributed by atoms with Gasteiger partial charge < -0.3 is 15.3 Å². The van der Waals surface area contributed by atoms with Gasteiger partial charge >= 0.3 is 11.8 Å². The molecule has 5 nitrogen and oxygen atoms in total. The first-order chi connectivity index (χ1) is 10.5. The third kappa shape index (κ3) is 3.91. The Morgan fingerprint density at radius 2 is 2.09 bits per heavy atom. The molecule has 1 heterocycles. The summed E-state index contributed by atoms with van der Waals surface area (Å²) >= 11 is 11.9. The van der Waals surface area contributed by atoms with Crippen LogP contribution in [0, 0.1) is 0 Å². The molecule has 22 heavy (non-hydrogen) atoms. The second-order valence-electron chi connectivity index (χ2n) is 5.22. The van der Waals surface area contributed by atoms with Crippen molar-refractivity contribution in [2.75, 3.05) is 18.5 Å². The number of likely N-dealkylation sites (tertiary alicyclic amines) is 1. The number of anilines is 1. The molecule has 0 aromatic heterocycles. The van der Waals surface area contributed by atoms with Crippen molar-refractivity contribution in [1.82, 2.24) is 4.90 Å². The average molecular weight is 345 g/mol. The molecule has 2 amide bonds.